The van der Waals surface area contributed by atoms with Gasteiger partial charge in [-0.15, -0.1) is 0 Å². The summed E-state index contributed by atoms with van der Waals surface area (Å²) in [7, 11) is 0. The number of hydrogen-bond acceptors (Lipinski definition) is 0. The van der Waals surface area contributed by atoms with Gasteiger partial charge in [0.2, 0.25) is 0 Å². The van der Waals surface area contributed by atoms with E-state index in [4.69, 9.17) is 0 Å². The fourth-order valence-electron chi connectivity index (χ4n) is 3.15. The van der Waals surface area contributed by atoms with Crippen molar-refractivity contribution in [3.8, 4) is 21.8 Å². The van der Waals surface area contributed by atoms with Crippen molar-refractivity contribution in [1.29, 1.82) is 0 Å². The van der Waals surface area contributed by atoms with Crippen molar-refractivity contribution >= 4 is 14.5 Å². The van der Waals surface area contributed by atoms with E-state index in [1.807, 2.05) is 6.07 Å². The van der Waals surface area contributed by atoms with Gasteiger partial charge in [-0.3, -0.25) is 0 Å². The fourth-order valence-corrected chi connectivity index (χ4v) is 5.98. The molecule has 1 aliphatic rings. The first-order chi connectivity index (χ1) is 11.4. The molecule has 0 bridgehead atoms. The minimum atomic E-state index is 0.456. The van der Waals surface area contributed by atoms with Crippen molar-refractivity contribution in [2.24, 2.45) is 0 Å². The first kappa shape index (κ1) is 14.6. The van der Waals surface area contributed by atoms with Gasteiger partial charge in [-0.2, -0.15) is 0 Å². The molecule has 1 heterocycles. The first-order valence-corrected chi connectivity index (χ1v) is 9.90. The summed E-state index contributed by atoms with van der Waals surface area (Å²) < 4.78 is 3.19. The monoisotopic (exact) mass is 362 g/mol. The van der Waals surface area contributed by atoms with E-state index in [9.17, 15) is 0 Å². The zero-order chi connectivity index (χ0) is 15.5. The number of fused-ring (bicyclic) bond motifs is 1. The summed E-state index contributed by atoms with van der Waals surface area (Å²) in [6.07, 6.45) is 5.16. The van der Waals surface area contributed by atoms with Crippen LogP contribution in [0.25, 0.3) is 10.0 Å². The van der Waals surface area contributed by atoms with Crippen LogP contribution in [0.3, 0.4) is 0 Å². The van der Waals surface area contributed by atoms with Gasteiger partial charge in [-0.1, -0.05) is 0 Å². The molecule has 23 heavy (non-hydrogen) atoms. The Morgan fingerprint density at radius 1 is 0.739 bits per heavy atom. The van der Waals surface area contributed by atoms with Gasteiger partial charge in [0.1, 0.15) is 0 Å². The van der Waals surface area contributed by atoms with E-state index >= 15 is 0 Å². The maximum absolute atomic E-state index is 3.53. The van der Waals surface area contributed by atoms with Crippen molar-refractivity contribution in [1.82, 2.24) is 0 Å². The zero-order valence-electron chi connectivity index (χ0n) is 13.0. The van der Waals surface area contributed by atoms with Crippen molar-refractivity contribution in [2.45, 2.75) is 25.7 Å². The summed E-state index contributed by atoms with van der Waals surface area (Å²) in [5.74, 6) is 6.92. The molecule has 0 unspecified atom stereocenters. The molecule has 0 saturated carbocycles. The Bertz CT molecular complexity index is 861. The molecule has 0 nitrogen and oxygen atoms in total. The van der Waals surface area contributed by atoms with Gasteiger partial charge < -0.3 is 0 Å². The standard InChI is InChI=1S/C22H18Se/c1-3-9-17(10-4-1)15-16-20-19-13-7-8-14-21(19)23-22(20)18-11-5-2-6-12-18/h1-6,9-12H,7-8,13-14H2. The molecular formula is C22H18Se. The molecule has 1 aliphatic carbocycles. The van der Waals surface area contributed by atoms with Crippen LogP contribution >= 0.6 is 0 Å². The quantitative estimate of drug-likeness (QED) is 0.436. The molecule has 3 aromatic rings. The van der Waals surface area contributed by atoms with Gasteiger partial charge in [0.15, 0.2) is 0 Å². The van der Waals surface area contributed by atoms with Crippen LogP contribution in [0.15, 0.2) is 60.7 Å². The van der Waals surface area contributed by atoms with Crippen molar-refractivity contribution in [3.63, 3.8) is 0 Å². The molecule has 2 aromatic carbocycles. The van der Waals surface area contributed by atoms with Crippen molar-refractivity contribution < 1.29 is 0 Å². The summed E-state index contributed by atoms with van der Waals surface area (Å²) >= 11 is 0.456. The third kappa shape index (κ3) is 3.06. The maximum atomic E-state index is 3.53. The van der Waals surface area contributed by atoms with Gasteiger partial charge in [-0.05, 0) is 0 Å². The van der Waals surface area contributed by atoms with Gasteiger partial charge in [0.25, 0.3) is 0 Å². The Morgan fingerprint density at radius 2 is 1.43 bits per heavy atom. The van der Waals surface area contributed by atoms with Crippen molar-refractivity contribution in [2.75, 3.05) is 0 Å². The third-order valence-electron chi connectivity index (χ3n) is 4.31. The summed E-state index contributed by atoms with van der Waals surface area (Å²) in [4.78, 5) is 0. The topological polar surface area (TPSA) is 0 Å². The average molecular weight is 361 g/mol. The van der Waals surface area contributed by atoms with Crippen LogP contribution in [0.1, 0.15) is 34.0 Å². The van der Waals surface area contributed by atoms with Gasteiger partial charge in [0, 0.05) is 0 Å². The molecule has 0 spiro atoms. The van der Waals surface area contributed by atoms with E-state index < -0.39 is 0 Å². The third-order valence-corrected chi connectivity index (χ3v) is 7.13. The molecule has 1 aromatic heterocycles. The van der Waals surface area contributed by atoms with Gasteiger partial charge in [-0.25, -0.2) is 0 Å². The van der Waals surface area contributed by atoms with E-state index in [1.165, 1.54) is 41.2 Å². The second-order valence-corrected chi connectivity index (χ2v) is 8.22. The molecule has 0 aliphatic heterocycles. The number of rotatable bonds is 1. The van der Waals surface area contributed by atoms with Gasteiger partial charge >= 0.3 is 144 Å². The Balaban J connectivity index is 1.84. The van der Waals surface area contributed by atoms with Gasteiger partial charge in [0.05, 0.1) is 0 Å². The second-order valence-electron chi connectivity index (χ2n) is 5.90. The summed E-state index contributed by atoms with van der Waals surface area (Å²) in [6, 6.07) is 21.2. The van der Waals surface area contributed by atoms with Crippen LogP contribution < -0.4 is 0 Å². The van der Waals surface area contributed by atoms with Crippen LogP contribution in [0.5, 0.6) is 0 Å². The molecule has 112 valence electrons. The number of hydrogen-bond donors (Lipinski definition) is 0. The Kier molecular flexibility index (Phi) is 4.20. The first-order valence-electron chi connectivity index (χ1n) is 8.19. The van der Waals surface area contributed by atoms with E-state index in [0.29, 0.717) is 14.5 Å². The van der Waals surface area contributed by atoms with E-state index in [1.54, 1.807) is 10.0 Å². The normalized spacial score (nSPS) is 13.0. The number of benzene rings is 2. The SMILES string of the molecule is C(#Cc1c(-c2ccccc2)[se]c2c1CCCC2)c1ccccc1. The molecule has 0 fully saturated rings. The van der Waals surface area contributed by atoms with Crippen LogP contribution in [0.4, 0.5) is 0 Å². The average Bonchev–Trinajstić information content (AvgIpc) is 3.00. The molecular weight excluding hydrogens is 343 g/mol. The zero-order valence-corrected chi connectivity index (χ0v) is 14.7. The van der Waals surface area contributed by atoms with Crippen LogP contribution in [0, 0.1) is 11.8 Å². The predicted molar refractivity (Wildman–Crippen MR) is 97.9 cm³/mol. The number of aryl methyl sites for hydroxylation is 1. The minimum absolute atomic E-state index is 0.456. The molecule has 0 amide bonds. The van der Waals surface area contributed by atoms with E-state index in [2.05, 4.69) is 66.4 Å². The Labute approximate surface area is 143 Å². The Hall–Kier alpha value is -2.00. The second kappa shape index (κ2) is 6.63. The van der Waals surface area contributed by atoms with Crippen molar-refractivity contribution in [3.05, 3.63) is 81.8 Å². The van der Waals surface area contributed by atoms with Crippen LogP contribution in [-0.2, 0) is 12.8 Å². The summed E-state index contributed by atoms with van der Waals surface area (Å²) in [5.41, 5.74) is 5.36. The van der Waals surface area contributed by atoms with Crippen LogP contribution in [-0.4, -0.2) is 14.5 Å². The van der Waals surface area contributed by atoms with E-state index in [0.717, 1.165) is 5.56 Å². The molecule has 0 N–H and O–H groups in total. The van der Waals surface area contributed by atoms with E-state index in [-0.39, 0.29) is 0 Å². The summed E-state index contributed by atoms with van der Waals surface area (Å²) in [5, 5.41) is 0. The molecule has 1 heteroatoms. The molecule has 0 radical (unpaired) electrons. The predicted octanol–water partition coefficient (Wildman–Crippen LogP) is 4.69. The molecule has 0 saturated heterocycles. The Morgan fingerprint density at radius 3 is 2.22 bits per heavy atom. The fraction of sp³-hybridized carbons (Fsp3) is 0.182. The molecule has 4 rings (SSSR count). The molecule has 0 atom stereocenters. The summed E-state index contributed by atoms with van der Waals surface area (Å²) in [6.45, 7) is 0. The van der Waals surface area contributed by atoms with Crippen LogP contribution in [0.2, 0.25) is 0 Å².